The fourth-order valence-corrected chi connectivity index (χ4v) is 2.92. The Bertz CT molecular complexity index is 254. The van der Waals surface area contributed by atoms with E-state index in [-0.39, 0.29) is 0 Å². The molecule has 0 radical (unpaired) electrons. The zero-order chi connectivity index (χ0) is 8.28. The molecule has 0 aromatic heterocycles. The molecule has 4 heteroatoms. The smallest absolute Gasteiger partial charge is 0.102 e. The topological polar surface area (TPSA) is 0 Å². The van der Waals surface area contributed by atoms with E-state index in [1.54, 1.807) is 12.2 Å². The number of allylic oxidation sites excluding steroid dienone is 4. The van der Waals surface area contributed by atoms with E-state index in [0.717, 1.165) is 0 Å². The van der Waals surface area contributed by atoms with Crippen molar-refractivity contribution in [1.29, 1.82) is 0 Å². The van der Waals surface area contributed by atoms with Gasteiger partial charge in [0.2, 0.25) is 0 Å². The van der Waals surface area contributed by atoms with Crippen LogP contribution in [0.1, 0.15) is 6.42 Å². The van der Waals surface area contributed by atoms with Crippen molar-refractivity contribution < 1.29 is 0 Å². The lowest BCUT2D eigenvalue weighted by molar-refractivity contribution is 0.778. The van der Waals surface area contributed by atoms with Crippen LogP contribution in [-0.4, -0.2) is 9.75 Å². The van der Waals surface area contributed by atoms with Gasteiger partial charge in [-0.1, -0.05) is 35.4 Å². The van der Waals surface area contributed by atoms with E-state index in [2.05, 4.69) is 0 Å². The van der Waals surface area contributed by atoms with Crippen LogP contribution in [0.5, 0.6) is 0 Å². The molecule has 0 saturated carbocycles. The third kappa shape index (κ3) is 0.904. The molecule has 2 aliphatic rings. The molecule has 2 aliphatic carbocycles. The molecule has 0 spiro atoms. The van der Waals surface area contributed by atoms with E-state index in [1.807, 2.05) is 0 Å². The van der Waals surface area contributed by atoms with E-state index in [4.69, 9.17) is 46.4 Å². The van der Waals surface area contributed by atoms with Crippen molar-refractivity contribution in [1.82, 2.24) is 0 Å². The molecule has 60 valence electrons. The Morgan fingerprint density at radius 2 is 1.36 bits per heavy atom. The Balaban J connectivity index is 2.58. The van der Waals surface area contributed by atoms with Gasteiger partial charge in [0.05, 0.1) is 10.1 Å². The lowest BCUT2D eigenvalue weighted by atomic mass is 10.1. The monoisotopic (exact) mass is 228 g/mol. The van der Waals surface area contributed by atoms with Crippen molar-refractivity contribution in [2.24, 2.45) is 0 Å². The van der Waals surface area contributed by atoms with Gasteiger partial charge in [-0.05, 0) is 0 Å². The highest BCUT2D eigenvalue weighted by atomic mass is 35.5. The van der Waals surface area contributed by atoms with Crippen LogP contribution in [0.15, 0.2) is 22.2 Å². The van der Waals surface area contributed by atoms with Gasteiger partial charge in [0.15, 0.2) is 0 Å². The van der Waals surface area contributed by atoms with Crippen molar-refractivity contribution in [3.8, 4) is 0 Å². The number of hydrogen-bond donors (Lipinski definition) is 0. The molecule has 0 aromatic rings. The van der Waals surface area contributed by atoms with Crippen LogP contribution in [0.3, 0.4) is 0 Å². The largest absolute Gasteiger partial charge is 0.108 e. The Morgan fingerprint density at radius 1 is 1.00 bits per heavy atom. The molecule has 2 bridgehead atoms. The lowest BCUT2D eigenvalue weighted by Gasteiger charge is -2.13. The fourth-order valence-electron chi connectivity index (χ4n) is 1.42. The van der Waals surface area contributed by atoms with Gasteiger partial charge in [-0.15, -0.1) is 23.2 Å². The second-order valence-corrected chi connectivity index (χ2v) is 4.97. The van der Waals surface area contributed by atoms with Crippen LogP contribution >= 0.6 is 46.4 Å². The van der Waals surface area contributed by atoms with Crippen molar-refractivity contribution in [2.75, 3.05) is 0 Å². The molecule has 0 saturated heterocycles. The highest BCUT2D eigenvalue weighted by Gasteiger charge is 2.53. The second-order valence-electron chi connectivity index (χ2n) is 2.86. The van der Waals surface area contributed by atoms with Crippen LogP contribution in [0.25, 0.3) is 0 Å². The molecule has 0 aliphatic heterocycles. The summed E-state index contributed by atoms with van der Waals surface area (Å²) in [6.07, 6.45) is 4.17. The van der Waals surface area contributed by atoms with Crippen molar-refractivity contribution >= 4 is 46.4 Å². The minimum absolute atomic E-state index is 0.471. The van der Waals surface area contributed by atoms with Crippen LogP contribution in [-0.2, 0) is 0 Å². The molecule has 11 heavy (non-hydrogen) atoms. The molecule has 2 rings (SSSR count). The highest BCUT2D eigenvalue weighted by molar-refractivity contribution is 6.51. The van der Waals surface area contributed by atoms with E-state index < -0.39 is 9.75 Å². The molecule has 0 fully saturated rings. The van der Waals surface area contributed by atoms with Crippen LogP contribution in [0.2, 0.25) is 0 Å². The summed E-state index contributed by atoms with van der Waals surface area (Å²) in [5.74, 6) is 0. The number of rotatable bonds is 0. The van der Waals surface area contributed by atoms with Gasteiger partial charge in [0, 0.05) is 6.42 Å². The zero-order valence-corrected chi connectivity index (χ0v) is 8.40. The van der Waals surface area contributed by atoms with Crippen LogP contribution in [0, 0.1) is 0 Å². The summed E-state index contributed by atoms with van der Waals surface area (Å²) in [5.41, 5.74) is 0. The Kier molecular flexibility index (Phi) is 1.58. The zero-order valence-electron chi connectivity index (χ0n) is 5.37. The number of alkyl halides is 2. The summed E-state index contributed by atoms with van der Waals surface area (Å²) < 4.78 is 0. The van der Waals surface area contributed by atoms with Gasteiger partial charge < -0.3 is 0 Å². The van der Waals surface area contributed by atoms with E-state index in [0.29, 0.717) is 16.5 Å². The number of halogens is 4. The Morgan fingerprint density at radius 3 is 1.55 bits per heavy atom. The van der Waals surface area contributed by atoms with E-state index in [9.17, 15) is 0 Å². The van der Waals surface area contributed by atoms with E-state index >= 15 is 0 Å². The van der Waals surface area contributed by atoms with Crippen LogP contribution in [0.4, 0.5) is 0 Å². The quantitative estimate of drug-likeness (QED) is 0.440. The van der Waals surface area contributed by atoms with Gasteiger partial charge >= 0.3 is 0 Å². The third-order valence-corrected chi connectivity index (χ3v) is 4.29. The molecule has 0 amide bonds. The molecule has 2 atom stereocenters. The van der Waals surface area contributed by atoms with Crippen LogP contribution < -0.4 is 0 Å². The summed E-state index contributed by atoms with van der Waals surface area (Å²) in [4.78, 5) is -1.25. The molecular weight excluding hydrogens is 226 g/mol. The first-order valence-corrected chi connectivity index (χ1v) is 4.64. The first-order chi connectivity index (χ1) is 4.98. The predicted molar refractivity (Wildman–Crippen MR) is 49.7 cm³/mol. The molecule has 0 nitrogen and oxygen atoms in total. The fraction of sp³-hybridized carbons (Fsp3) is 0.429. The maximum Gasteiger partial charge on any atom is 0.102 e. The average molecular weight is 230 g/mol. The van der Waals surface area contributed by atoms with Gasteiger partial charge in [0.25, 0.3) is 0 Å². The first kappa shape index (κ1) is 8.25. The summed E-state index contributed by atoms with van der Waals surface area (Å²) in [6.45, 7) is 0. The van der Waals surface area contributed by atoms with Crippen molar-refractivity contribution in [3.63, 3.8) is 0 Å². The Hall–Kier alpha value is 0.640. The predicted octanol–water partition coefficient (Wildman–Crippen LogP) is 3.60. The SMILES string of the molecule is ClC1=C(Cl)[C@]2(Cl)C=C[C@@]1(Cl)C2. The maximum atomic E-state index is 6.09. The molecule has 0 aromatic carbocycles. The van der Waals surface area contributed by atoms with Gasteiger partial charge in [-0.3, -0.25) is 0 Å². The summed E-state index contributed by atoms with van der Waals surface area (Å²) in [5, 5.41) is 0.941. The number of fused-ring (bicyclic) bond motifs is 2. The van der Waals surface area contributed by atoms with Gasteiger partial charge in [-0.25, -0.2) is 0 Å². The summed E-state index contributed by atoms with van der Waals surface area (Å²) in [6, 6.07) is 0. The summed E-state index contributed by atoms with van der Waals surface area (Å²) >= 11 is 23.9. The summed E-state index contributed by atoms with van der Waals surface area (Å²) in [7, 11) is 0. The highest BCUT2D eigenvalue weighted by Crippen LogP contribution is 2.58. The second kappa shape index (κ2) is 2.11. The van der Waals surface area contributed by atoms with Crippen molar-refractivity contribution in [3.05, 3.63) is 22.2 Å². The minimum Gasteiger partial charge on any atom is -0.108 e. The van der Waals surface area contributed by atoms with Gasteiger partial charge in [-0.2, -0.15) is 0 Å². The minimum atomic E-state index is -0.625. The third-order valence-electron chi connectivity index (χ3n) is 2.05. The van der Waals surface area contributed by atoms with Gasteiger partial charge in [0.1, 0.15) is 9.75 Å². The standard InChI is InChI=1S/C7H4Cl4/c8-4-5(9)7(11)2-1-6(4,10)3-7/h1-2H,3H2/t6-,7+. The maximum absolute atomic E-state index is 6.09. The molecule has 0 unspecified atom stereocenters. The molecule has 0 N–H and O–H groups in total. The molecule has 0 heterocycles. The Labute approximate surface area is 84.8 Å². The first-order valence-electron chi connectivity index (χ1n) is 3.12. The number of hydrogen-bond acceptors (Lipinski definition) is 0. The van der Waals surface area contributed by atoms with E-state index in [1.165, 1.54) is 0 Å². The lowest BCUT2D eigenvalue weighted by Crippen LogP contribution is -2.14. The van der Waals surface area contributed by atoms with Crippen molar-refractivity contribution in [2.45, 2.75) is 16.2 Å². The normalized spacial score (nSPS) is 47.6. The molecular formula is C7H4Cl4. The average Bonchev–Trinajstić information content (AvgIpc) is 2.32.